The average molecular weight is 354 g/mol. The zero-order chi connectivity index (χ0) is 18.7. The summed E-state index contributed by atoms with van der Waals surface area (Å²) in [6.45, 7) is 4.47. The molecule has 2 aromatic rings. The Morgan fingerprint density at radius 2 is 1.81 bits per heavy atom. The number of rotatable bonds is 5. The lowest BCUT2D eigenvalue weighted by atomic mass is 10.0. The average Bonchev–Trinajstić information content (AvgIpc) is 3.05. The Balaban J connectivity index is 1.70. The minimum atomic E-state index is -0.589. The van der Waals surface area contributed by atoms with Gasteiger partial charge in [-0.2, -0.15) is 0 Å². The molecule has 0 bridgehead atoms. The summed E-state index contributed by atoms with van der Waals surface area (Å²) in [5.41, 5.74) is 2.79. The van der Waals surface area contributed by atoms with Crippen molar-refractivity contribution in [2.45, 2.75) is 32.7 Å². The Kier molecular flexibility index (Phi) is 5.35. The van der Waals surface area contributed by atoms with Crippen LogP contribution in [0.3, 0.4) is 0 Å². The van der Waals surface area contributed by atoms with Crippen LogP contribution >= 0.6 is 0 Å². The number of carbonyl (C=O) groups excluding carboxylic acids is 2. The van der Waals surface area contributed by atoms with Gasteiger partial charge in [0.2, 0.25) is 11.8 Å². The van der Waals surface area contributed by atoms with Crippen molar-refractivity contribution in [2.24, 2.45) is 5.92 Å². The number of para-hydroxylation sites is 1. The molecule has 0 aromatic heterocycles. The van der Waals surface area contributed by atoms with E-state index in [1.54, 1.807) is 17.0 Å². The zero-order valence-corrected chi connectivity index (χ0v) is 15.0. The molecule has 0 aliphatic carbocycles. The largest absolute Gasteiger partial charge is 0.344 e. The number of anilines is 1. The molecule has 4 nitrogen and oxygen atoms in total. The molecule has 0 unspecified atom stereocenters. The molecule has 1 aliphatic rings. The van der Waals surface area contributed by atoms with E-state index in [2.05, 4.69) is 5.32 Å². The number of hydrogen-bond acceptors (Lipinski definition) is 2. The highest BCUT2D eigenvalue weighted by molar-refractivity contribution is 6.01. The van der Waals surface area contributed by atoms with E-state index in [1.165, 1.54) is 12.1 Å². The highest BCUT2D eigenvalue weighted by Crippen LogP contribution is 2.28. The molecule has 0 saturated heterocycles. The first-order valence-corrected chi connectivity index (χ1v) is 8.89. The summed E-state index contributed by atoms with van der Waals surface area (Å²) in [6.07, 6.45) is 0.948. The van der Waals surface area contributed by atoms with Gasteiger partial charge in [0.25, 0.3) is 0 Å². The number of nitrogens with one attached hydrogen (secondary N) is 1. The summed E-state index contributed by atoms with van der Waals surface area (Å²) in [5.74, 6) is -0.696. The van der Waals surface area contributed by atoms with Crippen molar-refractivity contribution < 1.29 is 14.0 Å². The van der Waals surface area contributed by atoms with Crippen LogP contribution in [0.5, 0.6) is 0 Å². The second-order valence-electron chi connectivity index (χ2n) is 6.96. The third-order valence-electron chi connectivity index (χ3n) is 4.68. The number of carbonyl (C=O) groups is 2. The van der Waals surface area contributed by atoms with Crippen molar-refractivity contribution in [2.75, 3.05) is 11.4 Å². The van der Waals surface area contributed by atoms with Crippen LogP contribution in [0.2, 0.25) is 0 Å². The molecule has 1 heterocycles. The number of benzene rings is 2. The fraction of sp³-hybridized carbons (Fsp3) is 0.333. The van der Waals surface area contributed by atoms with Gasteiger partial charge in [0.15, 0.2) is 0 Å². The zero-order valence-electron chi connectivity index (χ0n) is 15.0. The maximum absolute atomic E-state index is 13.0. The molecule has 2 aromatic carbocycles. The van der Waals surface area contributed by atoms with Crippen LogP contribution in [-0.4, -0.2) is 24.4 Å². The van der Waals surface area contributed by atoms with Gasteiger partial charge in [0.05, 0.1) is 6.42 Å². The first-order valence-electron chi connectivity index (χ1n) is 8.89. The van der Waals surface area contributed by atoms with Crippen LogP contribution in [0.4, 0.5) is 10.1 Å². The minimum absolute atomic E-state index is 0.0348. The Morgan fingerprint density at radius 3 is 2.50 bits per heavy atom. The van der Waals surface area contributed by atoms with Gasteiger partial charge >= 0.3 is 0 Å². The molecule has 0 fully saturated rings. The molecule has 1 aliphatic heterocycles. The van der Waals surface area contributed by atoms with Gasteiger partial charge in [-0.05, 0) is 41.7 Å². The topological polar surface area (TPSA) is 49.4 Å². The van der Waals surface area contributed by atoms with Crippen molar-refractivity contribution >= 4 is 17.5 Å². The first-order chi connectivity index (χ1) is 12.5. The number of halogens is 1. The lowest BCUT2D eigenvalue weighted by molar-refractivity contribution is -0.128. The van der Waals surface area contributed by atoms with Crippen molar-refractivity contribution in [3.05, 3.63) is 65.5 Å². The fourth-order valence-corrected chi connectivity index (χ4v) is 3.26. The first kappa shape index (κ1) is 18.1. The maximum atomic E-state index is 13.0. The predicted octanol–water partition coefficient (Wildman–Crippen LogP) is 3.10. The third-order valence-corrected chi connectivity index (χ3v) is 4.68. The number of fused-ring (bicyclic) bond motifs is 1. The molecule has 3 rings (SSSR count). The van der Waals surface area contributed by atoms with Crippen molar-refractivity contribution in [3.8, 4) is 0 Å². The van der Waals surface area contributed by atoms with E-state index in [-0.39, 0.29) is 30.0 Å². The van der Waals surface area contributed by atoms with Gasteiger partial charge in [0.1, 0.15) is 11.9 Å². The Labute approximate surface area is 153 Å². The second-order valence-corrected chi connectivity index (χ2v) is 6.96. The Hall–Kier alpha value is -2.69. The standard InChI is InChI=1S/C21H23FN2O2/c1-14(2)20(23-19(25)13-15-7-9-17(22)10-8-15)21(26)24-12-11-16-5-3-4-6-18(16)24/h3-10,14,20H,11-13H2,1-2H3,(H,23,25)/t20-/m1/s1. The van der Waals surface area contributed by atoms with E-state index < -0.39 is 6.04 Å². The van der Waals surface area contributed by atoms with Gasteiger partial charge in [-0.1, -0.05) is 44.2 Å². The van der Waals surface area contributed by atoms with Crippen LogP contribution < -0.4 is 10.2 Å². The van der Waals surface area contributed by atoms with Crippen LogP contribution in [-0.2, 0) is 22.4 Å². The summed E-state index contributed by atoms with van der Waals surface area (Å²) in [6, 6.07) is 13.1. The summed E-state index contributed by atoms with van der Waals surface area (Å²) in [5, 5.41) is 2.86. The monoisotopic (exact) mass is 354 g/mol. The summed E-state index contributed by atoms with van der Waals surface area (Å²) >= 11 is 0. The van der Waals surface area contributed by atoms with E-state index in [0.717, 1.165) is 17.7 Å². The van der Waals surface area contributed by atoms with Gasteiger partial charge in [-0.3, -0.25) is 9.59 Å². The van der Waals surface area contributed by atoms with Gasteiger partial charge in [-0.15, -0.1) is 0 Å². The van der Waals surface area contributed by atoms with Crippen LogP contribution in [0.15, 0.2) is 48.5 Å². The maximum Gasteiger partial charge on any atom is 0.249 e. The van der Waals surface area contributed by atoms with Crippen molar-refractivity contribution in [3.63, 3.8) is 0 Å². The summed E-state index contributed by atoms with van der Waals surface area (Å²) in [4.78, 5) is 27.2. The third kappa shape index (κ3) is 3.93. The number of nitrogens with zero attached hydrogens (tertiary/aromatic N) is 1. The van der Waals surface area contributed by atoms with Crippen molar-refractivity contribution in [1.29, 1.82) is 0 Å². The molecular weight excluding hydrogens is 331 g/mol. The molecule has 136 valence electrons. The van der Waals surface area contributed by atoms with Crippen LogP contribution in [0.1, 0.15) is 25.0 Å². The molecule has 26 heavy (non-hydrogen) atoms. The van der Waals surface area contributed by atoms with Crippen LogP contribution in [0, 0.1) is 11.7 Å². The lowest BCUT2D eigenvalue weighted by Gasteiger charge is -2.27. The van der Waals surface area contributed by atoms with Gasteiger partial charge < -0.3 is 10.2 Å². The summed E-state index contributed by atoms with van der Waals surface area (Å²) < 4.78 is 13.0. The Morgan fingerprint density at radius 1 is 1.12 bits per heavy atom. The predicted molar refractivity (Wildman–Crippen MR) is 99.4 cm³/mol. The van der Waals surface area contributed by atoms with E-state index in [1.807, 2.05) is 38.1 Å². The van der Waals surface area contributed by atoms with Crippen LogP contribution in [0.25, 0.3) is 0 Å². The second kappa shape index (κ2) is 7.68. The van der Waals surface area contributed by atoms with Gasteiger partial charge in [0, 0.05) is 12.2 Å². The highest BCUT2D eigenvalue weighted by Gasteiger charge is 2.32. The SMILES string of the molecule is CC(C)[C@@H](NC(=O)Cc1ccc(F)cc1)C(=O)N1CCc2ccccc21. The molecule has 1 N–H and O–H groups in total. The van der Waals surface area contributed by atoms with Crippen molar-refractivity contribution in [1.82, 2.24) is 5.32 Å². The molecule has 1 atom stereocenters. The minimum Gasteiger partial charge on any atom is -0.344 e. The molecule has 0 radical (unpaired) electrons. The molecule has 0 saturated carbocycles. The smallest absolute Gasteiger partial charge is 0.249 e. The fourth-order valence-electron chi connectivity index (χ4n) is 3.26. The van der Waals surface area contributed by atoms with E-state index in [4.69, 9.17) is 0 Å². The lowest BCUT2D eigenvalue weighted by Crippen LogP contribution is -2.51. The molecule has 5 heteroatoms. The molecule has 2 amide bonds. The molecule has 0 spiro atoms. The number of hydrogen-bond donors (Lipinski definition) is 1. The Bertz CT molecular complexity index is 802. The van der Waals surface area contributed by atoms with Gasteiger partial charge in [-0.25, -0.2) is 4.39 Å². The number of amides is 2. The van der Waals surface area contributed by atoms with E-state index in [9.17, 15) is 14.0 Å². The normalized spacial score (nSPS) is 14.2. The van der Waals surface area contributed by atoms with E-state index in [0.29, 0.717) is 12.1 Å². The quantitative estimate of drug-likeness (QED) is 0.897. The van der Waals surface area contributed by atoms with E-state index >= 15 is 0 Å². The summed E-state index contributed by atoms with van der Waals surface area (Å²) in [7, 11) is 0. The highest BCUT2D eigenvalue weighted by atomic mass is 19.1. The molecular formula is C21H23FN2O2.